The number of thioether (sulfide) groups is 1. The molecule has 5 nitrogen and oxygen atoms in total. The first kappa shape index (κ1) is 14.0. The van der Waals surface area contributed by atoms with Crippen molar-refractivity contribution in [2.45, 2.75) is 25.6 Å². The van der Waals surface area contributed by atoms with Gasteiger partial charge in [0.1, 0.15) is 6.10 Å². The van der Waals surface area contributed by atoms with Gasteiger partial charge in [-0.25, -0.2) is 0 Å². The van der Waals surface area contributed by atoms with E-state index in [1.165, 1.54) is 19.3 Å². The summed E-state index contributed by atoms with van der Waals surface area (Å²) in [7, 11) is 0. The number of furan rings is 1. The summed E-state index contributed by atoms with van der Waals surface area (Å²) in [4.78, 5) is 21.3. The van der Waals surface area contributed by atoms with E-state index in [1.54, 1.807) is 0 Å². The second-order valence-electron chi connectivity index (χ2n) is 3.50. The Kier molecular flexibility index (Phi) is 5.40. The van der Waals surface area contributed by atoms with Gasteiger partial charge in [-0.3, -0.25) is 9.59 Å². The van der Waals surface area contributed by atoms with Gasteiger partial charge in [0.15, 0.2) is 17.2 Å². The summed E-state index contributed by atoms with van der Waals surface area (Å²) in [5.74, 6) is 0.428. The van der Waals surface area contributed by atoms with Crippen molar-refractivity contribution in [1.82, 2.24) is 0 Å². The lowest BCUT2D eigenvalue weighted by atomic mass is 10.0. The van der Waals surface area contributed by atoms with Gasteiger partial charge in [0.2, 0.25) is 0 Å². The quantitative estimate of drug-likeness (QED) is 0.744. The van der Waals surface area contributed by atoms with E-state index in [0.29, 0.717) is 12.0 Å². The van der Waals surface area contributed by atoms with Crippen molar-refractivity contribution in [2.24, 2.45) is 0 Å². The summed E-state index contributed by atoms with van der Waals surface area (Å²) in [5.41, 5.74) is 0.264. The van der Waals surface area contributed by atoms with E-state index in [1.807, 2.05) is 0 Å². The summed E-state index contributed by atoms with van der Waals surface area (Å²) in [6.07, 6.45) is -0.191. The second kappa shape index (κ2) is 6.58. The molecule has 0 radical (unpaired) electrons. The van der Waals surface area contributed by atoms with Gasteiger partial charge in [0.05, 0.1) is 12.4 Å². The molecule has 94 valence electrons. The van der Waals surface area contributed by atoms with Gasteiger partial charge >= 0.3 is 0 Å². The molecule has 0 amide bonds. The molecular weight excluding hydrogens is 244 g/mol. The molecule has 1 aromatic rings. The monoisotopic (exact) mass is 258 g/mol. The Morgan fingerprint density at radius 3 is 2.88 bits per heavy atom. The van der Waals surface area contributed by atoms with Crippen LogP contribution in [-0.2, 0) is 4.79 Å². The maximum absolute atomic E-state index is 10.7. The molecule has 0 saturated carbocycles. The highest BCUT2D eigenvalue weighted by atomic mass is 32.2. The van der Waals surface area contributed by atoms with E-state index in [2.05, 4.69) is 0 Å². The van der Waals surface area contributed by atoms with Crippen molar-refractivity contribution in [3.05, 3.63) is 23.7 Å². The van der Waals surface area contributed by atoms with E-state index in [4.69, 9.17) is 4.42 Å². The van der Waals surface area contributed by atoms with Crippen LogP contribution in [-0.4, -0.2) is 33.5 Å². The van der Waals surface area contributed by atoms with Gasteiger partial charge in [-0.05, 0) is 12.5 Å². The van der Waals surface area contributed by atoms with E-state index >= 15 is 0 Å². The third-order valence-corrected chi connectivity index (χ3v) is 3.08. The summed E-state index contributed by atoms with van der Waals surface area (Å²) in [5, 5.41) is 19.4. The first-order valence-corrected chi connectivity index (χ1v) is 6.07. The van der Waals surface area contributed by atoms with Crippen molar-refractivity contribution in [1.29, 1.82) is 0 Å². The fourth-order valence-corrected chi connectivity index (χ4v) is 2.01. The highest BCUT2D eigenvalue weighted by Crippen LogP contribution is 2.23. The van der Waals surface area contributed by atoms with Crippen molar-refractivity contribution in [3.8, 4) is 0 Å². The first-order valence-electron chi connectivity index (χ1n) is 5.08. The zero-order valence-electron chi connectivity index (χ0n) is 9.33. The van der Waals surface area contributed by atoms with Gasteiger partial charge in [-0.1, -0.05) is 11.8 Å². The Morgan fingerprint density at radius 1 is 1.59 bits per heavy atom. The predicted molar refractivity (Wildman–Crippen MR) is 62.8 cm³/mol. The van der Waals surface area contributed by atoms with E-state index in [9.17, 15) is 19.8 Å². The second-order valence-corrected chi connectivity index (χ2v) is 4.77. The van der Waals surface area contributed by atoms with Crippen molar-refractivity contribution >= 4 is 23.2 Å². The molecule has 0 aromatic carbocycles. The largest absolute Gasteiger partial charge is 0.461 e. The molecule has 0 aliphatic rings. The van der Waals surface area contributed by atoms with Crippen molar-refractivity contribution in [3.63, 3.8) is 0 Å². The zero-order chi connectivity index (χ0) is 12.8. The van der Waals surface area contributed by atoms with Crippen LogP contribution < -0.4 is 0 Å². The molecule has 1 heterocycles. The third kappa shape index (κ3) is 3.99. The third-order valence-electron chi connectivity index (χ3n) is 2.24. The maximum Gasteiger partial charge on any atom is 0.185 e. The van der Waals surface area contributed by atoms with E-state index < -0.39 is 12.2 Å². The van der Waals surface area contributed by atoms with Gasteiger partial charge in [-0.15, -0.1) is 0 Å². The van der Waals surface area contributed by atoms with E-state index in [-0.39, 0.29) is 22.9 Å². The van der Waals surface area contributed by atoms with Crippen LogP contribution in [0.5, 0.6) is 0 Å². The van der Waals surface area contributed by atoms with Gasteiger partial charge in [0, 0.05) is 18.2 Å². The molecule has 2 unspecified atom stereocenters. The van der Waals surface area contributed by atoms with Crippen LogP contribution in [0.3, 0.4) is 0 Å². The fourth-order valence-electron chi connectivity index (χ4n) is 1.36. The molecule has 1 aromatic heterocycles. The maximum atomic E-state index is 10.7. The molecule has 0 aliphatic carbocycles. The normalized spacial score (nSPS) is 14.3. The number of carbonyl (C=O) groups excluding carboxylic acids is 2. The molecule has 17 heavy (non-hydrogen) atoms. The topological polar surface area (TPSA) is 87.7 Å². The molecule has 0 fully saturated rings. The van der Waals surface area contributed by atoms with Crippen LogP contribution in [0.2, 0.25) is 0 Å². The Hall–Kier alpha value is -1.11. The lowest BCUT2D eigenvalue weighted by molar-refractivity contribution is -0.109. The predicted octanol–water partition coefficient (Wildman–Crippen LogP) is 1.16. The molecule has 0 aliphatic heterocycles. The minimum Gasteiger partial charge on any atom is -0.461 e. The Bertz CT molecular complexity index is 387. The van der Waals surface area contributed by atoms with Crippen LogP contribution in [0.4, 0.5) is 0 Å². The van der Waals surface area contributed by atoms with Crippen molar-refractivity contribution in [2.75, 3.05) is 5.75 Å². The number of carbonyl (C=O) groups is 2. The van der Waals surface area contributed by atoms with E-state index in [0.717, 1.165) is 11.8 Å². The number of hydrogen-bond donors (Lipinski definition) is 2. The Balaban J connectivity index is 2.54. The molecule has 6 heteroatoms. The van der Waals surface area contributed by atoms with Gasteiger partial charge in [-0.2, -0.15) is 0 Å². The van der Waals surface area contributed by atoms with Gasteiger partial charge in [0.25, 0.3) is 0 Å². The summed E-state index contributed by atoms with van der Waals surface area (Å²) in [6.45, 7) is 1.44. The van der Waals surface area contributed by atoms with Crippen LogP contribution in [0.25, 0.3) is 0 Å². The molecule has 1 rings (SSSR count). The van der Waals surface area contributed by atoms with Crippen molar-refractivity contribution < 1.29 is 24.2 Å². The summed E-state index contributed by atoms with van der Waals surface area (Å²) in [6, 6.07) is 1.44. The first-order chi connectivity index (χ1) is 8.06. The summed E-state index contributed by atoms with van der Waals surface area (Å²) < 4.78 is 4.83. The molecule has 0 bridgehead atoms. The molecular formula is C11H14O5S. The summed E-state index contributed by atoms with van der Waals surface area (Å²) >= 11 is 1.08. The van der Waals surface area contributed by atoms with Crippen LogP contribution in [0.15, 0.2) is 16.7 Å². The molecule has 0 spiro atoms. The number of hydrogen-bond acceptors (Lipinski definition) is 6. The molecule has 2 atom stereocenters. The number of rotatable bonds is 6. The van der Waals surface area contributed by atoms with Crippen LogP contribution >= 0.6 is 11.8 Å². The highest BCUT2D eigenvalue weighted by molar-refractivity contribution is 8.13. The molecule has 2 N–H and O–H groups in total. The average Bonchev–Trinajstić information content (AvgIpc) is 2.75. The van der Waals surface area contributed by atoms with Crippen LogP contribution in [0, 0.1) is 0 Å². The standard InChI is InChI=1S/C11H14O5S/c1-7(13)17-5-3-9(14)11(15)8-2-4-16-10(8)6-12/h2,4,6,9,11,14-15H,3,5H2,1H3. The molecule has 0 saturated heterocycles. The van der Waals surface area contributed by atoms with Gasteiger partial charge < -0.3 is 14.6 Å². The minimum atomic E-state index is -1.18. The lowest BCUT2D eigenvalue weighted by Gasteiger charge is -2.16. The minimum absolute atomic E-state index is 0.00997. The number of aldehydes is 1. The highest BCUT2D eigenvalue weighted by Gasteiger charge is 2.22. The number of aliphatic hydroxyl groups is 2. The fraction of sp³-hybridized carbons (Fsp3) is 0.455. The Morgan fingerprint density at radius 2 is 2.29 bits per heavy atom. The lowest BCUT2D eigenvalue weighted by Crippen LogP contribution is -2.19. The Labute approximate surface area is 103 Å². The average molecular weight is 258 g/mol. The smallest absolute Gasteiger partial charge is 0.185 e. The number of aliphatic hydroxyl groups excluding tert-OH is 2. The van der Waals surface area contributed by atoms with Crippen LogP contribution in [0.1, 0.15) is 35.6 Å². The SMILES string of the molecule is CC(=O)SCCC(O)C(O)c1ccoc1C=O. The zero-order valence-corrected chi connectivity index (χ0v) is 10.1.